The van der Waals surface area contributed by atoms with E-state index in [9.17, 15) is 13.2 Å². The van der Waals surface area contributed by atoms with Crippen molar-refractivity contribution in [3.05, 3.63) is 28.4 Å². The fourth-order valence-corrected chi connectivity index (χ4v) is 2.08. The zero-order chi connectivity index (χ0) is 12.8. The Morgan fingerprint density at radius 2 is 1.94 bits per heavy atom. The van der Waals surface area contributed by atoms with Crippen molar-refractivity contribution in [3.63, 3.8) is 0 Å². The van der Waals surface area contributed by atoms with Crippen molar-refractivity contribution in [2.24, 2.45) is 0 Å². The Balaban J connectivity index is 2.80. The van der Waals surface area contributed by atoms with E-state index in [0.29, 0.717) is 9.99 Å². The zero-order valence-corrected chi connectivity index (χ0v) is 10.8. The quantitative estimate of drug-likeness (QED) is 0.763. The Bertz CT molecular complexity index is 558. The van der Waals surface area contributed by atoms with Gasteiger partial charge in [0.05, 0.1) is 5.52 Å². The minimum absolute atomic E-state index is 0.116. The molecule has 1 aromatic carbocycles. The van der Waals surface area contributed by atoms with E-state index < -0.39 is 11.9 Å². The summed E-state index contributed by atoms with van der Waals surface area (Å²) in [4.78, 5) is 0. The first-order valence-corrected chi connectivity index (χ1v) is 5.85. The van der Waals surface area contributed by atoms with Crippen LogP contribution < -0.4 is 0 Å². The van der Waals surface area contributed by atoms with E-state index in [-0.39, 0.29) is 11.4 Å². The smallest absolute Gasteiger partial charge is 0.262 e. The molecule has 92 valence electrons. The monoisotopic (exact) mass is 306 g/mol. The molecule has 0 spiro atoms. The summed E-state index contributed by atoms with van der Waals surface area (Å²) in [6.45, 7) is 3.60. The Labute approximate surface area is 105 Å². The van der Waals surface area contributed by atoms with Gasteiger partial charge in [-0.15, -0.1) is 0 Å². The molecule has 1 aromatic heterocycles. The number of hydrogen-bond acceptors (Lipinski definition) is 1. The molecule has 0 atom stereocenters. The van der Waals surface area contributed by atoms with Crippen LogP contribution >= 0.6 is 15.9 Å². The third-order valence-corrected chi connectivity index (χ3v) is 2.92. The summed E-state index contributed by atoms with van der Waals surface area (Å²) in [5.41, 5.74) is -0.335. The van der Waals surface area contributed by atoms with Crippen LogP contribution in [0.1, 0.15) is 25.6 Å². The van der Waals surface area contributed by atoms with Gasteiger partial charge in [-0.25, -0.2) is 0 Å². The maximum atomic E-state index is 12.8. The van der Waals surface area contributed by atoms with E-state index >= 15 is 0 Å². The van der Waals surface area contributed by atoms with Gasteiger partial charge in [0.15, 0.2) is 5.69 Å². The highest BCUT2D eigenvalue weighted by Crippen LogP contribution is 2.36. The van der Waals surface area contributed by atoms with Gasteiger partial charge in [0.2, 0.25) is 0 Å². The number of rotatable bonds is 1. The van der Waals surface area contributed by atoms with E-state index in [2.05, 4.69) is 21.0 Å². The molecule has 2 nitrogen and oxygen atoms in total. The van der Waals surface area contributed by atoms with Crippen molar-refractivity contribution in [2.75, 3.05) is 0 Å². The lowest BCUT2D eigenvalue weighted by Gasteiger charge is -2.06. The highest BCUT2D eigenvalue weighted by Gasteiger charge is 2.37. The van der Waals surface area contributed by atoms with Crippen LogP contribution in [0.4, 0.5) is 13.2 Å². The fraction of sp³-hybridized carbons (Fsp3) is 0.364. The standard InChI is InChI=1S/C11H10BrF3N2/c1-6(2)17-9-4-3-7(12)5-8(9)10(16-17)11(13,14)15/h3-6H,1-2H3. The van der Waals surface area contributed by atoms with Crippen molar-refractivity contribution in [1.29, 1.82) is 0 Å². The van der Waals surface area contributed by atoms with E-state index in [0.717, 1.165) is 0 Å². The van der Waals surface area contributed by atoms with Crippen LogP contribution in [0.2, 0.25) is 0 Å². The molecule has 0 unspecified atom stereocenters. The summed E-state index contributed by atoms with van der Waals surface area (Å²) in [5.74, 6) is 0. The maximum absolute atomic E-state index is 12.8. The SMILES string of the molecule is CC(C)n1nc(C(F)(F)F)c2cc(Br)ccc21. The van der Waals surface area contributed by atoms with Crippen LogP contribution in [0.15, 0.2) is 22.7 Å². The minimum atomic E-state index is -4.43. The summed E-state index contributed by atoms with van der Waals surface area (Å²) in [5, 5.41) is 3.80. The number of nitrogens with zero attached hydrogens (tertiary/aromatic N) is 2. The molecule has 2 rings (SSSR count). The van der Waals surface area contributed by atoms with E-state index in [1.165, 1.54) is 10.7 Å². The lowest BCUT2D eigenvalue weighted by atomic mass is 10.2. The van der Waals surface area contributed by atoms with Crippen LogP contribution in [0.3, 0.4) is 0 Å². The first kappa shape index (κ1) is 12.4. The number of aromatic nitrogens is 2. The van der Waals surface area contributed by atoms with Gasteiger partial charge in [-0.1, -0.05) is 15.9 Å². The maximum Gasteiger partial charge on any atom is 0.435 e. The normalized spacial score (nSPS) is 12.6. The highest BCUT2D eigenvalue weighted by atomic mass is 79.9. The first-order chi connectivity index (χ1) is 7.80. The number of benzene rings is 1. The van der Waals surface area contributed by atoms with E-state index in [1.807, 2.05) is 0 Å². The summed E-state index contributed by atoms with van der Waals surface area (Å²) >= 11 is 3.18. The molecule has 0 radical (unpaired) electrons. The Hall–Kier alpha value is -1.04. The molecular weight excluding hydrogens is 297 g/mol. The van der Waals surface area contributed by atoms with Crippen LogP contribution in [0, 0.1) is 0 Å². The van der Waals surface area contributed by atoms with Gasteiger partial charge in [-0.3, -0.25) is 4.68 Å². The topological polar surface area (TPSA) is 17.8 Å². The van der Waals surface area contributed by atoms with E-state index in [1.54, 1.807) is 26.0 Å². The van der Waals surface area contributed by atoms with E-state index in [4.69, 9.17) is 0 Å². The third-order valence-electron chi connectivity index (χ3n) is 2.43. The van der Waals surface area contributed by atoms with Gasteiger partial charge >= 0.3 is 6.18 Å². The van der Waals surface area contributed by atoms with Crippen LogP contribution in [-0.4, -0.2) is 9.78 Å². The van der Waals surface area contributed by atoms with Gasteiger partial charge in [0.1, 0.15) is 0 Å². The van der Waals surface area contributed by atoms with Crippen LogP contribution in [0.5, 0.6) is 0 Å². The molecule has 0 N–H and O–H groups in total. The predicted octanol–water partition coefficient (Wildman–Crippen LogP) is 4.40. The molecule has 0 fully saturated rings. The lowest BCUT2D eigenvalue weighted by molar-refractivity contribution is -0.140. The Morgan fingerprint density at radius 1 is 1.29 bits per heavy atom. The second-order valence-corrected chi connectivity index (χ2v) is 4.96. The Morgan fingerprint density at radius 3 is 2.47 bits per heavy atom. The largest absolute Gasteiger partial charge is 0.435 e. The summed E-state index contributed by atoms with van der Waals surface area (Å²) in [7, 11) is 0. The molecule has 17 heavy (non-hydrogen) atoms. The zero-order valence-electron chi connectivity index (χ0n) is 9.22. The van der Waals surface area contributed by atoms with Gasteiger partial charge < -0.3 is 0 Å². The van der Waals surface area contributed by atoms with Crippen LogP contribution in [-0.2, 0) is 6.18 Å². The minimum Gasteiger partial charge on any atom is -0.262 e. The molecule has 1 heterocycles. The summed E-state index contributed by atoms with van der Waals surface area (Å²) < 4.78 is 40.5. The van der Waals surface area contributed by atoms with Gasteiger partial charge in [0, 0.05) is 15.9 Å². The third kappa shape index (κ3) is 2.18. The fourth-order valence-electron chi connectivity index (χ4n) is 1.72. The van der Waals surface area contributed by atoms with Crippen molar-refractivity contribution < 1.29 is 13.2 Å². The number of fused-ring (bicyclic) bond motifs is 1. The predicted molar refractivity (Wildman–Crippen MR) is 62.8 cm³/mol. The molecule has 0 aliphatic rings. The second kappa shape index (κ2) is 4.01. The number of hydrogen-bond donors (Lipinski definition) is 0. The molecule has 6 heteroatoms. The molecule has 0 aliphatic carbocycles. The molecule has 2 aromatic rings. The molecule has 0 saturated carbocycles. The lowest BCUT2D eigenvalue weighted by Crippen LogP contribution is -2.09. The van der Waals surface area contributed by atoms with Crippen molar-refractivity contribution >= 4 is 26.8 Å². The van der Waals surface area contributed by atoms with Crippen molar-refractivity contribution in [2.45, 2.75) is 26.1 Å². The molecular formula is C11H10BrF3N2. The molecule has 0 saturated heterocycles. The van der Waals surface area contributed by atoms with Gasteiger partial charge in [0.25, 0.3) is 0 Å². The van der Waals surface area contributed by atoms with Crippen LogP contribution in [0.25, 0.3) is 10.9 Å². The average molecular weight is 307 g/mol. The van der Waals surface area contributed by atoms with Gasteiger partial charge in [-0.05, 0) is 32.0 Å². The Kier molecular flexibility index (Phi) is 2.93. The molecule has 0 aliphatic heterocycles. The molecule has 0 bridgehead atoms. The first-order valence-electron chi connectivity index (χ1n) is 5.05. The number of halogens is 4. The molecule has 0 amide bonds. The van der Waals surface area contributed by atoms with Crippen molar-refractivity contribution in [1.82, 2.24) is 9.78 Å². The van der Waals surface area contributed by atoms with Gasteiger partial charge in [-0.2, -0.15) is 18.3 Å². The average Bonchev–Trinajstić information content (AvgIpc) is 2.55. The number of alkyl halides is 3. The van der Waals surface area contributed by atoms with Crippen molar-refractivity contribution in [3.8, 4) is 0 Å². The summed E-state index contributed by atoms with van der Waals surface area (Å²) in [6, 6.07) is 4.68. The summed E-state index contributed by atoms with van der Waals surface area (Å²) in [6.07, 6.45) is -4.43. The second-order valence-electron chi connectivity index (χ2n) is 4.05. The highest BCUT2D eigenvalue weighted by molar-refractivity contribution is 9.10.